The highest BCUT2D eigenvalue weighted by Crippen LogP contribution is 2.67. The molecule has 0 bridgehead atoms. The SMILES string of the molecule is COc1ccc(C(=O)OC2C(OC3C(O)COC(O[C@H]4CC5[C@@H]6CC=C7C[C@@H](OC(=O)n8ccnc8)CC[C@]7(C)C6CC[C@]5(C)C4CC(=O)CCC(C)C)C3OC(C)=O)OCC(O)C2O)cc1. The van der Waals surface area contributed by atoms with Gasteiger partial charge in [0.05, 0.1) is 32.0 Å². The minimum absolute atomic E-state index is 0.0804. The Balaban J connectivity index is 1.03. The van der Waals surface area contributed by atoms with Crippen LogP contribution in [0.15, 0.2) is 54.6 Å². The summed E-state index contributed by atoms with van der Waals surface area (Å²) in [5.41, 5.74) is 1.12. The topological polar surface area (TPSA) is 221 Å². The number of aliphatic hydroxyl groups excluding tert-OH is 3. The molecule has 2 aromatic rings. The van der Waals surface area contributed by atoms with E-state index in [2.05, 4.69) is 38.8 Å². The van der Waals surface area contributed by atoms with Crippen LogP contribution < -0.4 is 4.74 Å². The molecule has 5 fully saturated rings. The molecule has 2 aliphatic heterocycles. The van der Waals surface area contributed by atoms with E-state index in [-0.39, 0.29) is 53.3 Å². The molecule has 3 heterocycles. The fourth-order valence-corrected chi connectivity index (χ4v) is 12.3. The molecule has 4 aliphatic carbocycles. The maximum Gasteiger partial charge on any atom is 0.419 e. The van der Waals surface area contributed by atoms with Crippen LogP contribution in [-0.2, 0) is 42.7 Å². The number of hydrogen-bond donors (Lipinski definition) is 3. The zero-order valence-electron chi connectivity index (χ0n) is 39.4. The second kappa shape index (κ2) is 20.4. The molecule has 67 heavy (non-hydrogen) atoms. The summed E-state index contributed by atoms with van der Waals surface area (Å²) in [7, 11) is 1.49. The second-order valence-electron chi connectivity index (χ2n) is 20.5. The molecule has 368 valence electrons. The van der Waals surface area contributed by atoms with Gasteiger partial charge >= 0.3 is 18.0 Å². The van der Waals surface area contributed by atoms with Gasteiger partial charge in [0, 0.05) is 38.6 Å². The van der Waals surface area contributed by atoms with E-state index < -0.39 is 73.3 Å². The molecule has 1 aromatic heterocycles. The Bertz CT molecular complexity index is 2100. The van der Waals surface area contributed by atoms with Crippen LogP contribution in [0.1, 0.15) is 109 Å². The zero-order valence-corrected chi connectivity index (χ0v) is 39.4. The van der Waals surface area contributed by atoms with Gasteiger partial charge in [-0.1, -0.05) is 39.3 Å². The van der Waals surface area contributed by atoms with Crippen molar-refractivity contribution in [1.29, 1.82) is 0 Å². The number of hydrogen-bond acceptors (Lipinski definition) is 16. The average Bonchev–Trinajstić information content (AvgIpc) is 3.94. The Morgan fingerprint density at radius 1 is 0.896 bits per heavy atom. The van der Waals surface area contributed by atoms with Crippen molar-refractivity contribution < 1.29 is 72.4 Å². The lowest BCUT2D eigenvalue weighted by Gasteiger charge is -2.58. The number of nitrogens with zero attached hydrogens (tertiary/aromatic N) is 2. The third-order valence-corrected chi connectivity index (χ3v) is 16.0. The van der Waals surface area contributed by atoms with Gasteiger partial charge in [-0.3, -0.25) is 9.59 Å². The van der Waals surface area contributed by atoms with Gasteiger partial charge in [0.25, 0.3) is 0 Å². The summed E-state index contributed by atoms with van der Waals surface area (Å²) in [6.45, 7) is 9.43. The number of aliphatic hydroxyl groups is 3. The Labute approximate surface area is 391 Å². The highest BCUT2D eigenvalue weighted by atomic mass is 16.7. The number of methoxy groups -OCH3 is 1. The summed E-state index contributed by atoms with van der Waals surface area (Å²) in [4.78, 5) is 56.9. The van der Waals surface area contributed by atoms with Gasteiger partial charge in [-0.25, -0.2) is 19.1 Å². The first kappa shape index (κ1) is 49.2. The number of ether oxygens (including phenoxy) is 8. The van der Waals surface area contributed by atoms with Crippen molar-refractivity contribution in [3.63, 3.8) is 0 Å². The average molecular weight is 937 g/mol. The van der Waals surface area contributed by atoms with Crippen LogP contribution in [0.2, 0.25) is 0 Å². The van der Waals surface area contributed by atoms with Crippen LogP contribution in [0.5, 0.6) is 5.75 Å². The van der Waals surface area contributed by atoms with Crippen molar-refractivity contribution in [2.24, 2.45) is 40.4 Å². The molecule has 0 radical (unpaired) electrons. The van der Waals surface area contributed by atoms with E-state index in [1.807, 2.05) is 0 Å². The fraction of sp³-hybridized carbons (Fsp3) is 0.700. The third-order valence-electron chi connectivity index (χ3n) is 16.0. The number of Topliss-reactive ketones (excluding diaryl/α,β-unsaturated/α-hetero) is 1. The second-order valence-corrected chi connectivity index (χ2v) is 20.5. The van der Waals surface area contributed by atoms with Crippen molar-refractivity contribution in [2.45, 2.75) is 160 Å². The van der Waals surface area contributed by atoms with Crippen LogP contribution in [-0.4, -0.2) is 130 Å². The van der Waals surface area contributed by atoms with E-state index >= 15 is 0 Å². The van der Waals surface area contributed by atoms with E-state index in [0.717, 1.165) is 38.5 Å². The maximum absolute atomic E-state index is 13.9. The smallest absolute Gasteiger partial charge is 0.419 e. The molecule has 16 atom stereocenters. The maximum atomic E-state index is 13.9. The molecule has 3 N–H and O–H groups in total. The number of allylic oxidation sites excluding steroid dienone is 1. The Morgan fingerprint density at radius 2 is 1.63 bits per heavy atom. The molecule has 11 unspecified atom stereocenters. The van der Waals surface area contributed by atoms with Gasteiger partial charge in [0.2, 0.25) is 0 Å². The highest BCUT2D eigenvalue weighted by molar-refractivity contribution is 5.89. The predicted molar refractivity (Wildman–Crippen MR) is 237 cm³/mol. The summed E-state index contributed by atoms with van der Waals surface area (Å²) in [6.07, 6.45) is 1.52. The van der Waals surface area contributed by atoms with Crippen molar-refractivity contribution in [3.05, 3.63) is 60.2 Å². The van der Waals surface area contributed by atoms with Gasteiger partial charge < -0.3 is 53.2 Å². The summed E-state index contributed by atoms with van der Waals surface area (Å²) in [6, 6.07) is 6.10. The predicted octanol–water partition coefficient (Wildman–Crippen LogP) is 5.55. The normalized spacial score (nSPS) is 38.1. The van der Waals surface area contributed by atoms with Crippen LogP contribution >= 0.6 is 0 Å². The summed E-state index contributed by atoms with van der Waals surface area (Å²) >= 11 is 0. The quantitative estimate of drug-likeness (QED) is 0.120. The van der Waals surface area contributed by atoms with Crippen molar-refractivity contribution in [1.82, 2.24) is 9.55 Å². The first-order valence-corrected chi connectivity index (χ1v) is 24.0. The molecule has 17 nitrogen and oxygen atoms in total. The molecule has 17 heteroatoms. The molecular formula is C50H68N2O15. The van der Waals surface area contributed by atoms with Crippen LogP contribution in [0.25, 0.3) is 0 Å². The molecule has 1 aromatic carbocycles. The Morgan fingerprint density at radius 3 is 2.31 bits per heavy atom. The van der Waals surface area contributed by atoms with Gasteiger partial charge in [-0.05, 0) is 110 Å². The number of carbonyl (C=O) groups is 4. The van der Waals surface area contributed by atoms with Gasteiger partial charge in [-0.2, -0.15) is 0 Å². The minimum atomic E-state index is -1.63. The number of ketones is 1. The largest absolute Gasteiger partial charge is 0.497 e. The number of aromatic nitrogens is 2. The summed E-state index contributed by atoms with van der Waals surface area (Å²) in [5.74, 6) is 0.162. The first-order chi connectivity index (χ1) is 32.0. The standard InChI is InChI=1S/C50H68N2O15/c1-27(2)7-11-31(54)22-37-40(23-36-34-14-10-30-21-33(64-48(59)52-20-19-51-26-52)15-17-49(30,4)35(34)16-18-50(36,37)5)65-47-44(63-28(3)53)42(39(56)25-62-47)67-46-43(41(57)38(55)24-61-46)66-45(58)29-8-12-32(60-6)13-9-29/h8-10,12-13,19-20,26-27,33-44,46-47,55-57H,7,11,14-18,21-25H2,1-6H3/t33-,34+,35?,36?,37?,38?,39?,40-,41?,42?,43?,44?,46?,47?,49-,50-/m0/s1. The summed E-state index contributed by atoms with van der Waals surface area (Å²) in [5, 5.41) is 33.1. The van der Waals surface area contributed by atoms with E-state index in [9.17, 15) is 34.5 Å². The molecule has 0 amide bonds. The monoisotopic (exact) mass is 936 g/mol. The number of esters is 2. The van der Waals surface area contributed by atoms with E-state index in [1.165, 1.54) is 42.6 Å². The van der Waals surface area contributed by atoms with E-state index in [4.69, 9.17) is 37.9 Å². The third kappa shape index (κ3) is 10.2. The number of benzene rings is 1. The van der Waals surface area contributed by atoms with Crippen LogP contribution in [0.3, 0.4) is 0 Å². The van der Waals surface area contributed by atoms with Gasteiger partial charge in [-0.15, -0.1) is 0 Å². The minimum Gasteiger partial charge on any atom is -0.497 e. The number of rotatable bonds is 14. The Kier molecular flexibility index (Phi) is 15.0. The lowest BCUT2D eigenvalue weighted by atomic mass is 9.47. The number of imidazole rings is 1. The number of fused-ring (bicyclic) bond motifs is 5. The first-order valence-electron chi connectivity index (χ1n) is 24.0. The van der Waals surface area contributed by atoms with Gasteiger partial charge in [0.15, 0.2) is 24.8 Å². The van der Waals surface area contributed by atoms with Crippen LogP contribution in [0, 0.1) is 40.4 Å². The van der Waals surface area contributed by atoms with Crippen LogP contribution in [0.4, 0.5) is 4.79 Å². The van der Waals surface area contributed by atoms with Gasteiger partial charge in [0.1, 0.15) is 48.4 Å². The molecule has 0 spiro atoms. The van der Waals surface area contributed by atoms with Crippen molar-refractivity contribution >= 4 is 23.8 Å². The zero-order chi connectivity index (χ0) is 47.8. The highest BCUT2D eigenvalue weighted by Gasteiger charge is 2.63. The lowest BCUT2D eigenvalue weighted by molar-refractivity contribution is -0.340. The van der Waals surface area contributed by atoms with Crippen molar-refractivity contribution in [3.8, 4) is 5.75 Å². The Hall–Kier alpha value is -4.23. The van der Waals surface area contributed by atoms with Crippen molar-refractivity contribution in [2.75, 3.05) is 20.3 Å². The van der Waals surface area contributed by atoms with E-state index in [1.54, 1.807) is 24.5 Å². The molecule has 6 aliphatic rings. The fourth-order valence-electron chi connectivity index (χ4n) is 12.3. The lowest BCUT2D eigenvalue weighted by Crippen LogP contribution is -2.62. The molecule has 3 saturated carbocycles. The van der Waals surface area contributed by atoms with E-state index in [0.29, 0.717) is 49.2 Å². The molecular weight excluding hydrogens is 869 g/mol. The molecule has 2 saturated heterocycles. The molecule has 8 rings (SSSR count). The number of carbonyl (C=O) groups excluding carboxylic acids is 4. The summed E-state index contributed by atoms with van der Waals surface area (Å²) < 4.78 is 49.3.